The Morgan fingerprint density at radius 1 is 1.25 bits per heavy atom. The number of hydrogen-bond acceptors (Lipinski definition) is 4. The van der Waals surface area contributed by atoms with E-state index >= 15 is 0 Å². The van der Waals surface area contributed by atoms with Gasteiger partial charge in [0.25, 0.3) is 0 Å². The van der Waals surface area contributed by atoms with Gasteiger partial charge in [0.15, 0.2) is 0 Å². The summed E-state index contributed by atoms with van der Waals surface area (Å²) < 4.78 is 5.79. The molecule has 0 bridgehead atoms. The largest absolute Gasteiger partial charge is 0.421 e. The zero-order valence-corrected chi connectivity index (χ0v) is 11.9. The summed E-state index contributed by atoms with van der Waals surface area (Å²) in [6.45, 7) is 3.20. The van der Waals surface area contributed by atoms with Crippen molar-refractivity contribution < 1.29 is 4.42 Å². The maximum atomic E-state index is 5.79. The number of piperidine rings is 1. The number of benzene rings is 1. The molecule has 0 spiro atoms. The Balaban J connectivity index is 1.63. The third-order valence-corrected chi connectivity index (χ3v) is 3.96. The number of hydrogen-bond donors (Lipinski definition) is 1. The highest BCUT2D eigenvalue weighted by Crippen LogP contribution is 2.22. The molecule has 1 aromatic carbocycles. The monoisotopic (exact) mass is 271 g/mol. The van der Waals surface area contributed by atoms with Crippen molar-refractivity contribution in [1.29, 1.82) is 0 Å². The third-order valence-electron chi connectivity index (χ3n) is 3.96. The molecular formula is C16H21N3O. The Bertz CT molecular complexity index is 558. The lowest BCUT2D eigenvalue weighted by Gasteiger charge is -2.22. The van der Waals surface area contributed by atoms with Crippen molar-refractivity contribution in [3.8, 4) is 11.5 Å². The number of aryl methyl sites for hydroxylation is 2. The number of aromatic nitrogens is 2. The molecule has 1 unspecified atom stereocenters. The first-order chi connectivity index (χ1) is 9.83. The minimum Gasteiger partial charge on any atom is -0.421 e. The Morgan fingerprint density at radius 3 is 2.95 bits per heavy atom. The molecule has 1 saturated heterocycles. The van der Waals surface area contributed by atoms with Crippen molar-refractivity contribution in [3.05, 3.63) is 35.7 Å². The molecule has 1 atom stereocenters. The van der Waals surface area contributed by atoms with Crippen LogP contribution in [0.3, 0.4) is 0 Å². The molecule has 1 aliphatic heterocycles. The third kappa shape index (κ3) is 3.07. The van der Waals surface area contributed by atoms with Crippen LogP contribution in [0.4, 0.5) is 0 Å². The van der Waals surface area contributed by atoms with E-state index in [-0.39, 0.29) is 0 Å². The van der Waals surface area contributed by atoms with Crippen LogP contribution in [0, 0.1) is 6.92 Å². The molecule has 4 nitrogen and oxygen atoms in total. The van der Waals surface area contributed by atoms with Crippen LogP contribution in [0.5, 0.6) is 0 Å². The van der Waals surface area contributed by atoms with Crippen LogP contribution in [-0.4, -0.2) is 22.8 Å². The highest BCUT2D eigenvalue weighted by atomic mass is 16.4. The van der Waals surface area contributed by atoms with Crippen molar-refractivity contribution in [1.82, 2.24) is 15.5 Å². The second-order valence-corrected chi connectivity index (χ2v) is 5.50. The molecule has 1 N–H and O–H groups in total. The van der Waals surface area contributed by atoms with Crippen LogP contribution in [0.15, 0.2) is 28.7 Å². The molecule has 1 aromatic heterocycles. The second-order valence-electron chi connectivity index (χ2n) is 5.50. The molecule has 3 rings (SSSR count). The molecule has 4 heteroatoms. The first-order valence-electron chi connectivity index (χ1n) is 7.45. The predicted octanol–water partition coefficient (Wildman–Crippen LogP) is 3.12. The van der Waals surface area contributed by atoms with Gasteiger partial charge in [-0.05, 0) is 44.4 Å². The van der Waals surface area contributed by atoms with Crippen molar-refractivity contribution in [3.63, 3.8) is 0 Å². The van der Waals surface area contributed by atoms with Gasteiger partial charge in [-0.2, -0.15) is 0 Å². The minimum absolute atomic E-state index is 0.609. The quantitative estimate of drug-likeness (QED) is 0.928. The van der Waals surface area contributed by atoms with Crippen molar-refractivity contribution in [2.75, 3.05) is 6.54 Å². The van der Waals surface area contributed by atoms with Gasteiger partial charge in [-0.15, -0.1) is 10.2 Å². The van der Waals surface area contributed by atoms with E-state index in [0.717, 1.165) is 36.4 Å². The Labute approximate surface area is 119 Å². The van der Waals surface area contributed by atoms with Gasteiger partial charge in [0, 0.05) is 18.0 Å². The van der Waals surface area contributed by atoms with Gasteiger partial charge in [-0.3, -0.25) is 0 Å². The molecule has 2 aromatic rings. The van der Waals surface area contributed by atoms with Gasteiger partial charge in [-0.25, -0.2) is 0 Å². The second kappa shape index (κ2) is 6.18. The van der Waals surface area contributed by atoms with E-state index in [1.807, 2.05) is 18.2 Å². The van der Waals surface area contributed by atoms with E-state index in [9.17, 15) is 0 Å². The summed E-state index contributed by atoms with van der Waals surface area (Å²) in [5, 5.41) is 11.9. The van der Waals surface area contributed by atoms with E-state index in [1.54, 1.807) is 0 Å². The fraction of sp³-hybridized carbons (Fsp3) is 0.500. The van der Waals surface area contributed by atoms with Crippen LogP contribution in [0.2, 0.25) is 0 Å². The standard InChI is InChI=1S/C16H21N3O/c1-12-6-2-3-8-14(12)16-19-18-15(20-16)10-9-13-7-4-5-11-17-13/h2-3,6,8,13,17H,4-5,7,9-11H2,1H3. The smallest absolute Gasteiger partial charge is 0.247 e. The lowest BCUT2D eigenvalue weighted by atomic mass is 10.0. The van der Waals surface area contributed by atoms with E-state index in [2.05, 4.69) is 28.5 Å². The fourth-order valence-electron chi connectivity index (χ4n) is 2.74. The van der Waals surface area contributed by atoms with Crippen molar-refractivity contribution in [2.24, 2.45) is 0 Å². The summed E-state index contributed by atoms with van der Waals surface area (Å²) in [5.74, 6) is 1.38. The fourth-order valence-corrected chi connectivity index (χ4v) is 2.74. The molecule has 20 heavy (non-hydrogen) atoms. The number of nitrogens with zero attached hydrogens (tertiary/aromatic N) is 2. The molecule has 2 heterocycles. The molecule has 0 aliphatic carbocycles. The first kappa shape index (κ1) is 13.3. The van der Waals surface area contributed by atoms with Gasteiger partial charge in [0.1, 0.15) is 0 Å². The maximum absolute atomic E-state index is 5.79. The SMILES string of the molecule is Cc1ccccc1-c1nnc(CCC2CCCCN2)o1. The average Bonchev–Trinajstić information content (AvgIpc) is 2.95. The predicted molar refractivity (Wildman–Crippen MR) is 78.4 cm³/mol. The van der Waals surface area contributed by atoms with Crippen LogP contribution in [0.25, 0.3) is 11.5 Å². The summed E-state index contributed by atoms with van der Waals surface area (Å²) in [6.07, 6.45) is 5.83. The molecule has 0 radical (unpaired) electrons. The first-order valence-corrected chi connectivity index (χ1v) is 7.45. The van der Waals surface area contributed by atoms with Crippen molar-refractivity contribution >= 4 is 0 Å². The Hall–Kier alpha value is -1.68. The molecule has 0 amide bonds. The van der Waals surface area contributed by atoms with Gasteiger partial charge < -0.3 is 9.73 Å². The minimum atomic E-state index is 0.609. The molecule has 1 aliphatic rings. The normalized spacial score (nSPS) is 19.1. The van der Waals surface area contributed by atoms with Gasteiger partial charge in [-0.1, -0.05) is 24.6 Å². The van der Waals surface area contributed by atoms with Crippen LogP contribution >= 0.6 is 0 Å². The van der Waals surface area contributed by atoms with Gasteiger partial charge in [0.2, 0.25) is 11.8 Å². The summed E-state index contributed by atoms with van der Waals surface area (Å²) in [7, 11) is 0. The van der Waals surface area contributed by atoms with Gasteiger partial charge in [0.05, 0.1) is 0 Å². The Kier molecular flexibility index (Phi) is 4.11. The highest BCUT2D eigenvalue weighted by molar-refractivity contribution is 5.57. The Morgan fingerprint density at radius 2 is 2.15 bits per heavy atom. The topological polar surface area (TPSA) is 51.0 Å². The lowest BCUT2D eigenvalue weighted by molar-refractivity contribution is 0.369. The van der Waals surface area contributed by atoms with E-state index in [1.165, 1.54) is 19.3 Å². The number of rotatable bonds is 4. The average molecular weight is 271 g/mol. The van der Waals surface area contributed by atoms with E-state index in [0.29, 0.717) is 11.9 Å². The van der Waals surface area contributed by atoms with Crippen LogP contribution in [-0.2, 0) is 6.42 Å². The van der Waals surface area contributed by atoms with Crippen LogP contribution in [0.1, 0.15) is 37.1 Å². The van der Waals surface area contributed by atoms with Crippen LogP contribution < -0.4 is 5.32 Å². The molecular weight excluding hydrogens is 250 g/mol. The van der Waals surface area contributed by atoms with Crippen molar-refractivity contribution in [2.45, 2.75) is 45.1 Å². The van der Waals surface area contributed by atoms with E-state index in [4.69, 9.17) is 4.42 Å². The number of nitrogens with one attached hydrogen (secondary N) is 1. The molecule has 106 valence electrons. The zero-order chi connectivity index (χ0) is 13.8. The van der Waals surface area contributed by atoms with Gasteiger partial charge >= 0.3 is 0 Å². The summed E-state index contributed by atoms with van der Waals surface area (Å²) in [5.41, 5.74) is 2.19. The van der Waals surface area contributed by atoms with E-state index < -0.39 is 0 Å². The summed E-state index contributed by atoms with van der Waals surface area (Å²) in [6, 6.07) is 8.71. The summed E-state index contributed by atoms with van der Waals surface area (Å²) in [4.78, 5) is 0. The summed E-state index contributed by atoms with van der Waals surface area (Å²) >= 11 is 0. The highest BCUT2D eigenvalue weighted by Gasteiger charge is 2.15. The lowest BCUT2D eigenvalue weighted by Crippen LogP contribution is -2.34. The molecule has 1 fully saturated rings. The molecule has 0 saturated carbocycles. The zero-order valence-electron chi connectivity index (χ0n) is 11.9. The maximum Gasteiger partial charge on any atom is 0.247 e.